The number of nitrogens with one attached hydrogen (secondary N) is 3. The zero-order valence-electron chi connectivity index (χ0n) is 40.2. The number of carbonyl (C=O) groups excluding carboxylic acids is 1. The fourth-order valence-electron chi connectivity index (χ4n) is 11.5. The van der Waals surface area contributed by atoms with Crippen LogP contribution in [-0.4, -0.2) is 103 Å². The molecule has 17 nitrogen and oxygen atoms in total. The summed E-state index contributed by atoms with van der Waals surface area (Å²) < 4.78 is 95.3. The largest absolute Gasteiger partial charge is 0.489 e. The van der Waals surface area contributed by atoms with Crippen LogP contribution in [0.2, 0.25) is 0 Å². The number of nitro benzene ring substituents is 1. The van der Waals surface area contributed by atoms with Crippen molar-refractivity contribution in [3.8, 4) is 23.1 Å². The number of anilines is 2. The molecule has 2 saturated heterocycles. The van der Waals surface area contributed by atoms with Crippen molar-refractivity contribution in [1.29, 1.82) is 0 Å². The van der Waals surface area contributed by atoms with Gasteiger partial charge >= 0.3 is 6.61 Å². The van der Waals surface area contributed by atoms with E-state index in [-0.39, 0.29) is 63.8 Å². The van der Waals surface area contributed by atoms with E-state index in [0.29, 0.717) is 69.6 Å². The van der Waals surface area contributed by atoms with Crippen molar-refractivity contribution in [1.82, 2.24) is 19.6 Å². The van der Waals surface area contributed by atoms with Gasteiger partial charge in [-0.25, -0.2) is 17.5 Å². The minimum Gasteiger partial charge on any atom is -0.489 e. The molecule has 1 amide bonds. The number of rotatable bonds is 13. The summed E-state index contributed by atoms with van der Waals surface area (Å²) in [7, 11) is -4.87. The van der Waals surface area contributed by atoms with E-state index in [2.05, 4.69) is 67.9 Å². The molecular weight excluding hydrogens is 960 g/mol. The van der Waals surface area contributed by atoms with Gasteiger partial charge in [0.2, 0.25) is 0 Å². The number of alkyl halides is 2. The Balaban J connectivity index is 0.898. The molecule has 3 aliphatic heterocycles. The molecule has 384 valence electrons. The molecule has 10 rings (SSSR count). The number of hydrogen-bond donors (Lipinski definition) is 4. The van der Waals surface area contributed by atoms with Gasteiger partial charge in [-0.1, -0.05) is 38.1 Å². The molecule has 2 saturated carbocycles. The second-order valence-corrected chi connectivity index (χ2v) is 22.2. The lowest BCUT2D eigenvalue weighted by Crippen LogP contribution is -2.58. The molecule has 72 heavy (non-hydrogen) atoms. The molecule has 1 spiro atoms. The Labute approximate surface area is 414 Å². The molecule has 21 heteroatoms. The van der Waals surface area contributed by atoms with Crippen LogP contribution < -0.4 is 29.1 Å². The number of fused-ring (bicyclic) bond motifs is 2. The number of amides is 1. The van der Waals surface area contributed by atoms with Crippen molar-refractivity contribution in [3.05, 3.63) is 99.5 Å². The van der Waals surface area contributed by atoms with E-state index in [1.807, 2.05) is 4.72 Å². The molecule has 4 fully saturated rings. The fraction of sp³-hybridized carbons (Fsp3) is 0.490. The number of aromatic nitrogens is 2. The number of benzene rings is 3. The number of carbonyl (C=O) groups is 1. The monoisotopic (exact) mass is 1020 g/mol. The Morgan fingerprint density at radius 2 is 1.76 bits per heavy atom. The van der Waals surface area contributed by atoms with Crippen LogP contribution >= 0.6 is 0 Å². The van der Waals surface area contributed by atoms with Gasteiger partial charge in [0, 0.05) is 61.8 Å². The number of pyridine rings is 1. The molecule has 0 unspecified atom stereocenters. The van der Waals surface area contributed by atoms with E-state index in [1.54, 1.807) is 13.0 Å². The van der Waals surface area contributed by atoms with Crippen molar-refractivity contribution in [2.24, 2.45) is 11.3 Å². The predicted octanol–water partition coefficient (Wildman–Crippen LogP) is 9.18. The van der Waals surface area contributed by atoms with Crippen molar-refractivity contribution in [2.75, 3.05) is 49.7 Å². The molecule has 0 bridgehead atoms. The number of piperidine rings is 1. The molecular formula is C51H58F3N7O10S. The Morgan fingerprint density at radius 1 is 1.01 bits per heavy atom. The lowest BCUT2D eigenvalue weighted by molar-refractivity contribution is -0.384. The van der Waals surface area contributed by atoms with Crippen LogP contribution in [0.1, 0.15) is 106 Å². The van der Waals surface area contributed by atoms with Crippen LogP contribution in [0.15, 0.2) is 71.8 Å². The number of nitrogens with zero attached hydrogens (tertiary/aromatic N) is 4. The quantitative estimate of drug-likeness (QED) is 0.0640. The smallest absolute Gasteiger partial charge is 0.388 e. The van der Waals surface area contributed by atoms with Crippen molar-refractivity contribution in [3.63, 3.8) is 0 Å². The maximum atomic E-state index is 14.9. The number of aromatic amines is 1. The zero-order valence-corrected chi connectivity index (χ0v) is 41.0. The van der Waals surface area contributed by atoms with E-state index < -0.39 is 61.1 Å². The first-order valence-corrected chi connectivity index (χ1v) is 26.0. The maximum absolute atomic E-state index is 14.9. The number of halogens is 3. The third-order valence-electron chi connectivity index (χ3n) is 15.5. The highest BCUT2D eigenvalue weighted by atomic mass is 32.2. The molecule has 2 atom stereocenters. The summed E-state index contributed by atoms with van der Waals surface area (Å²) in [5, 5.41) is 25.9. The van der Waals surface area contributed by atoms with Crippen LogP contribution in [0.5, 0.6) is 23.1 Å². The lowest BCUT2D eigenvalue weighted by Gasteiger charge is -2.57. The summed E-state index contributed by atoms with van der Waals surface area (Å²) in [5.74, 6) is -3.20. The van der Waals surface area contributed by atoms with Gasteiger partial charge in [0.25, 0.3) is 27.5 Å². The summed E-state index contributed by atoms with van der Waals surface area (Å²) in [4.78, 5) is 36.5. The third kappa shape index (κ3) is 9.87. The van der Waals surface area contributed by atoms with Crippen molar-refractivity contribution >= 4 is 44.0 Å². The fourth-order valence-corrected chi connectivity index (χ4v) is 12.5. The number of hydrogen-bond acceptors (Lipinski definition) is 14. The van der Waals surface area contributed by atoms with Gasteiger partial charge in [0.05, 0.1) is 51.7 Å². The summed E-state index contributed by atoms with van der Waals surface area (Å²) in [6, 6.07) is 16.3. The Hall–Kier alpha value is -6.16. The number of H-pyrrole nitrogens is 1. The molecule has 0 radical (unpaired) electrons. The highest BCUT2D eigenvalue weighted by Crippen LogP contribution is 2.53. The number of aliphatic hydroxyl groups is 1. The summed E-state index contributed by atoms with van der Waals surface area (Å²) in [6.07, 6.45) is 7.18. The first-order valence-electron chi connectivity index (χ1n) is 24.5. The van der Waals surface area contributed by atoms with Gasteiger partial charge in [-0.3, -0.25) is 19.8 Å². The van der Waals surface area contributed by atoms with Crippen LogP contribution in [0, 0.1) is 27.3 Å². The van der Waals surface area contributed by atoms with E-state index in [4.69, 9.17) is 14.2 Å². The summed E-state index contributed by atoms with van der Waals surface area (Å²) in [6.45, 7) is 6.33. The minimum absolute atomic E-state index is 0.00819. The van der Waals surface area contributed by atoms with Gasteiger partial charge in [-0.2, -0.15) is 13.8 Å². The van der Waals surface area contributed by atoms with Gasteiger partial charge in [-0.15, -0.1) is 0 Å². The second kappa shape index (κ2) is 19.4. The maximum Gasteiger partial charge on any atom is 0.388 e. The van der Waals surface area contributed by atoms with Crippen molar-refractivity contribution < 1.29 is 55.4 Å². The Kier molecular flexibility index (Phi) is 13.3. The molecule has 4 N–H and O–H groups in total. The normalized spacial score (nSPS) is 23.6. The number of ether oxygens (including phenoxy) is 4. The molecule has 5 aliphatic rings. The number of sulfonamides is 1. The van der Waals surface area contributed by atoms with E-state index in [9.17, 15) is 41.6 Å². The van der Waals surface area contributed by atoms with Gasteiger partial charge < -0.3 is 39.3 Å². The minimum atomic E-state index is -4.87. The van der Waals surface area contributed by atoms with Crippen LogP contribution in [-0.2, 0) is 14.8 Å². The average Bonchev–Trinajstić information content (AvgIpc) is 3.70. The SMILES string of the molecule is CC(C)c1ccccc1[C@H]1COCCN1C1CC2(CCN(c3ccc(C(=O)NS(=O)(=O)c4cc5c(c([N+](=O)[O-])c4)N[C@@H](C4CCC(C)(O)CC4)CO5)c(Oc4cc5c(F)c[nH]c5nc4OC(F)F)c3)CC2)C1. The standard InChI is InChI=1S/C51H58F3N7O10S/c1-29(2)34-6-4-5-7-35(34)41-28-68-19-18-60(41)32-24-51(25-32)14-16-59(17-15-51)31-8-9-36(42(20-31)70-44-23-37-38(52)26-55-46(37)57-48(44)71-49(53)54)47(62)58-72(66,67)33-21-40(61(64)65)45-43(22-33)69-27-39(56-45)30-10-12-50(3,63)13-11-30/h4-9,20-23,26,29-30,32,39,41,49,56,63H,10-19,24-25,27-28H2,1-3H3,(H,55,57)(H,58,62)/t30?,39-,41-,50?/m1/s1. The topological polar surface area (TPSA) is 211 Å². The van der Waals surface area contributed by atoms with E-state index >= 15 is 0 Å². The summed E-state index contributed by atoms with van der Waals surface area (Å²) >= 11 is 0. The van der Waals surface area contributed by atoms with Gasteiger partial charge in [-0.05, 0) is 98.8 Å². The average molecular weight is 1020 g/mol. The molecule has 2 aliphatic carbocycles. The van der Waals surface area contributed by atoms with Crippen LogP contribution in [0.25, 0.3) is 11.0 Å². The zero-order chi connectivity index (χ0) is 50.7. The Morgan fingerprint density at radius 3 is 2.49 bits per heavy atom. The van der Waals surface area contributed by atoms with E-state index in [1.165, 1.54) is 23.3 Å². The highest BCUT2D eigenvalue weighted by molar-refractivity contribution is 7.90. The highest BCUT2D eigenvalue weighted by Gasteiger charge is 2.50. The van der Waals surface area contributed by atoms with E-state index in [0.717, 1.165) is 56.6 Å². The van der Waals surface area contributed by atoms with Gasteiger partial charge in [0.1, 0.15) is 23.8 Å². The second-order valence-electron chi connectivity index (χ2n) is 20.6. The lowest BCUT2D eigenvalue weighted by atomic mass is 9.59. The first kappa shape index (κ1) is 49.4. The summed E-state index contributed by atoms with van der Waals surface area (Å²) in [5.41, 5.74) is 1.46. The van der Waals surface area contributed by atoms with Gasteiger partial charge in [0.15, 0.2) is 17.2 Å². The van der Waals surface area contributed by atoms with Crippen molar-refractivity contribution in [2.45, 2.75) is 113 Å². The Bertz CT molecular complexity index is 2980. The number of nitro groups is 1. The number of morpholine rings is 1. The molecule has 5 heterocycles. The van der Waals surface area contributed by atoms with Crippen LogP contribution in [0.4, 0.5) is 30.2 Å². The van der Waals surface area contributed by atoms with Crippen LogP contribution in [0.3, 0.4) is 0 Å². The molecule has 2 aromatic heterocycles. The third-order valence-corrected chi connectivity index (χ3v) is 16.8. The molecule has 5 aromatic rings. The first-order chi connectivity index (χ1) is 34.4. The predicted molar refractivity (Wildman–Crippen MR) is 260 cm³/mol. The molecule has 3 aromatic carbocycles.